The van der Waals surface area contributed by atoms with Crippen molar-refractivity contribution in [2.24, 2.45) is 17.8 Å². The number of ether oxygens (including phenoxy) is 2. The number of benzene rings is 1. The van der Waals surface area contributed by atoms with Crippen LogP contribution in [-0.4, -0.2) is 32.1 Å². The second-order valence-corrected chi connectivity index (χ2v) is 7.88. The number of rotatable bonds is 8. The van der Waals surface area contributed by atoms with E-state index in [2.05, 4.69) is 17.6 Å². The normalized spacial score (nSPS) is 21.3. The van der Waals surface area contributed by atoms with Gasteiger partial charge in [-0.25, -0.2) is 0 Å². The SMILES string of the molecule is CC[C@@H](C)[C@@H](NC(=O)C1CCC(C)CC1)C(=O)Nc1ccc(OC)cc1OC. The molecule has 1 saturated carbocycles. The van der Waals surface area contributed by atoms with Gasteiger partial charge >= 0.3 is 0 Å². The van der Waals surface area contributed by atoms with Crippen molar-refractivity contribution >= 4 is 17.5 Å². The number of carbonyl (C=O) groups is 2. The van der Waals surface area contributed by atoms with Crippen LogP contribution in [0, 0.1) is 17.8 Å². The Morgan fingerprint density at radius 1 is 1.14 bits per heavy atom. The van der Waals surface area contributed by atoms with Crippen molar-refractivity contribution in [2.45, 2.75) is 58.9 Å². The standard InChI is InChI=1S/C22H34N2O4/c1-6-15(3)20(24-21(25)16-9-7-14(2)8-10-16)22(26)23-18-12-11-17(27-4)13-19(18)28-5/h11-16,20H,6-10H2,1-5H3,(H,23,26)(H,24,25)/t14?,15-,16?,20-/m1/s1. The second-order valence-electron chi connectivity index (χ2n) is 7.88. The monoisotopic (exact) mass is 390 g/mol. The molecule has 0 heterocycles. The third kappa shape index (κ3) is 5.63. The predicted molar refractivity (Wildman–Crippen MR) is 111 cm³/mol. The maximum Gasteiger partial charge on any atom is 0.247 e. The Balaban J connectivity index is 2.10. The highest BCUT2D eigenvalue weighted by Crippen LogP contribution is 2.30. The molecule has 0 bridgehead atoms. The summed E-state index contributed by atoms with van der Waals surface area (Å²) in [5, 5.41) is 5.93. The zero-order chi connectivity index (χ0) is 20.7. The van der Waals surface area contributed by atoms with E-state index in [4.69, 9.17) is 9.47 Å². The van der Waals surface area contributed by atoms with Crippen LogP contribution < -0.4 is 20.1 Å². The molecule has 2 rings (SSSR count). The van der Waals surface area contributed by atoms with Gasteiger partial charge in [0.15, 0.2) is 0 Å². The smallest absolute Gasteiger partial charge is 0.247 e. The van der Waals surface area contributed by atoms with E-state index in [0.29, 0.717) is 23.1 Å². The first-order valence-electron chi connectivity index (χ1n) is 10.2. The van der Waals surface area contributed by atoms with Crippen molar-refractivity contribution < 1.29 is 19.1 Å². The molecule has 2 amide bonds. The van der Waals surface area contributed by atoms with Crippen molar-refractivity contribution in [2.75, 3.05) is 19.5 Å². The maximum absolute atomic E-state index is 13.0. The number of methoxy groups -OCH3 is 2. The lowest BCUT2D eigenvalue weighted by molar-refractivity contribution is -0.131. The van der Waals surface area contributed by atoms with Crippen LogP contribution in [0.15, 0.2) is 18.2 Å². The average molecular weight is 391 g/mol. The van der Waals surface area contributed by atoms with E-state index in [1.54, 1.807) is 32.4 Å². The van der Waals surface area contributed by atoms with Crippen LogP contribution in [-0.2, 0) is 9.59 Å². The fourth-order valence-electron chi connectivity index (χ4n) is 3.61. The highest BCUT2D eigenvalue weighted by Gasteiger charge is 2.31. The minimum atomic E-state index is -0.580. The first kappa shape index (κ1) is 22.1. The molecule has 6 heteroatoms. The molecule has 0 aliphatic heterocycles. The number of hydrogen-bond acceptors (Lipinski definition) is 4. The Hall–Kier alpha value is -2.24. The summed E-state index contributed by atoms with van der Waals surface area (Å²) in [6, 6.07) is 4.64. The molecular formula is C22H34N2O4. The van der Waals surface area contributed by atoms with E-state index in [0.717, 1.165) is 32.1 Å². The van der Waals surface area contributed by atoms with Crippen LogP contribution in [0.2, 0.25) is 0 Å². The van der Waals surface area contributed by atoms with Gasteiger partial charge in [-0.15, -0.1) is 0 Å². The molecule has 2 atom stereocenters. The van der Waals surface area contributed by atoms with Gasteiger partial charge in [0.05, 0.1) is 19.9 Å². The number of carbonyl (C=O) groups excluding carboxylic acids is 2. The van der Waals surface area contributed by atoms with Gasteiger partial charge in [0.2, 0.25) is 11.8 Å². The maximum atomic E-state index is 13.0. The molecule has 156 valence electrons. The van der Waals surface area contributed by atoms with Gasteiger partial charge in [0.1, 0.15) is 17.5 Å². The van der Waals surface area contributed by atoms with E-state index in [1.165, 1.54) is 0 Å². The number of hydrogen-bond donors (Lipinski definition) is 2. The molecule has 1 aromatic rings. The fraction of sp³-hybridized carbons (Fsp3) is 0.636. The summed E-state index contributed by atoms with van der Waals surface area (Å²) in [6.45, 7) is 6.23. The Morgan fingerprint density at radius 3 is 2.39 bits per heavy atom. The van der Waals surface area contributed by atoms with E-state index in [1.807, 2.05) is 13.8 Å². The zero-order valence-corrected chi connectivity index (χ0v) is 17.7. The zero-order valence-electron chi connectivity index (χ0n) is 17.7. The minimum absolute atomic E-state index is 0.00551. The van der Waals surface area contributed by atoms with Gasteiger partial charge in [0.25, 0.3) is 0 Å². The molecule has 0 radical (unpaired) electrons. The molecule has 1 aliphatic carbocycles. The molecule has 0 saturated heterocycles. The summed E-state index contributed by atoms with van der Waals surface area (Å²) < 4.78 is 10.6. The fourth-order valence-corrected chi connectivity index (χ4v) is 3.61. The molecule has 0 unspecified atom stereocenters. The highest BCUT2D eigenvalue weighted by molar-refractivity contribution is 5.98. The molecule has 1 fully saturated rings. The lowest BCUT2D eigenvalue weighted by atomic mass is 9.82. The average Bonchev–Trinajstić information content (AvgIpc) is 2.71. The summed E-state index contributed by atoms with van der Waals surface area (Å²) in [6.07, 6.45) is 4.73. The number of nitrogens with one attached hydrogen (secondary N) is 2. The topological polar surface area (TPSA) is 76.7 Å². The van der Waals surface area contributed by atoms with Crippen LogP contribution in [0.5, 0.6) is 11.5 Å². The quantitative estimate of drug-likeness (QED) is 0.703. The van der Waals surface area contributed by atoms with Crippen LogP contribution in [0.4, 0.5) is 5.69 Å². The largest absolute Gasteiger partial charge is 0.497 e. The number of anilines is 1. The van der Waals surface area contributed by atoms with Gasteiger partial charge < -0.3 is 20.1 Å². The lowest BCUT2D eigenvalue weighted by Gasteiger charge is -2.29. The molecule has 1 aliphatic rings. The summed E-state index contributed by atoms with van der Waals surface area (Å²) in [7, 11) is 3.12. The highest BCUT2D eigenvalue weighted by atomic mass is 16.5. The van der Waals surface area contributed by atoms with Crippen molar-refractivity contribution in [1.29, 1.82) is 0 Å². The minimum Gasteiger partial charge on any atom is -0.497 e. The van der Waals surface area contributed by atoms with Gasteiger partial charge in [-0.2, -0.15) is 0 Å². The van der Waals surface area contributed by atoms with Gasteiger partial charge in [-0.3, -0.25) is 9.59 Å². The van der Waals surface area contributed by atoms with E-state index < -0.39 is 6.04 Å². The van der Waals surface area contributed by atoms with Crippen molar-refractivity contribution in [3.8, 4) is 11.5 Å². The van der Waals surface area contributed by atoms with Gasteiger partial charge in [-0.05, 0) is 49.7 Å². The molecule has 1 aromatic carbocycles. The Morgan fingerprint density at radius 2 is 1.82 bits per heavy atom. The third-order valence-corrected chi connectivity index (χ3v) is 5.85. The lowest BCUT2D eigenvalue weighted by Crippen LogP contribution is -2.49. The van der Waals surface area contributed by atoms with Crippen molar-refractivity contribution in [3.05, 3.63) is 18.2 Å². The van der Waals surface area contributed by atoms with E-state index >= 15 is 0 Å². The van der Waals surface area contributed by atoms with Crippen LogP contribution in [0.25, 0.3) is 0 Å². The van der Waals surface area contributed by atoms with Crippen molar-refractivity contribution in [3.63, 3.8) is 0 Å². The molecule has 2 N–H and O–H groups in total. The summed E-state index contributed by atoms with van der Waals surface area (Å²) in [4.78, 5) is 25.8. The van der Waals surface area contributed by atoms with Gasteiger partial charge in [-0.1, -0.05) is 27.2 Å². The molecule has 0 spiro atoms. The molecular weight excluding hydrogens is 356 g/mol. The summed E-state index contributed by atoms with van der Waals surface area (Å²) in [5.74, 6) is 1.64. The number of amides is 2. The molecule has 28 heavy (non-hydrogen) atoms. The second kappa shape index (κ2) is 10.3. The van der Waals surface area contributed by atoms with Gasteiger partial charge in [0, 0.05) is 12.0 Å². The van der Waals surface area contributed by atoms with Crippen LogP contribution in [0.3, 0.4) is 0 Å². The summed E-state index contributed by atoms with van der Waals surface area (Å²) in [5.41, 5.74) is 0.558. The van der Waals surface area contributed by atoms with E-state index in [-0.39, 0.29) is 23.7 Å². The molecule has 0 aromatic heterocycles. The molecule has 6 nitrogen and oxygen atoms in total. The Kier molecular flexibility index (Phi) is 8.15. The Bertz CT molecular complexity index is 669. The van der Waals surface area contributed by atoms with E-state index in [9.17, 15) is 9.59 Å². The first-order chi connectivity index (χ1) is 13.4. The Labute approximate surface area is 168 Å². The first-order valence-corrected chi connectivity index (χ1v) is 10.2. The predicted octanol–water partition coefficient (Wildman–Crippen LogP) is 4.00. The van der Waals surface area contributed by atoms with Crippen LogP contribution in [0.1, 0.15) is 52.9 Å². The van der Waals surface area contributed by atoms with Crippen molar-refractivity contribution in [1.82, 2.24) is 5.32 Å². The van der Waals surface area contributed by atoms with Crippen LogP contribution >= 0.6 is 0 Å². The summed E-state index contributed by atoms with van der Waals surface area (Å²) >= 11 is 0. The third-order valence-electron chi connectivity index (χ3n) is 5.85.